The lowest BCUT2D eigenvalue weighted by Crippen LogP contribution is -2.26. The molecule has 1 atom stereocenters. The van der Waals surface area contributed by atoms with Crippen LogP contribution in [0.5, 0.6) is 0 Å². The van der Waals surface area contributed by atoms with Crippen molar-refractivity contribution >= 4 is 28.8 Å². The number of thiazole rings is 1. The highest BCUT2D eigenvalue weighted by Gasteiger charge is 2.15. The van der Waals surface area contributed by atoms with Gasteiger partial charge < -0.3 is 5.32 Å². The number of halogens is 1. The molecular formula is C14H16ClN3OS. The third-order valence-electron chi connectivity index (χ3n) is 2.82. The Balaban J connectivity index is 2.10. The molecular weight excluding hydrogens is 294 g/mol. The van der Waals surface area contributed by atoms with Crippen molar-refractivity contribution in [3.05, 3.63) is 44.6 Å². The summed E-state index contributed by atoms with van der Waals surface area (Å²) < 4.78 is 0. The van der Waals surface area contributed by atoms with Gasteiger partial charge in [-0.2, -0.15) is 0 Å². The van der Waals surface area contributed by atoms with E-state index in [1.165, 1.54) is 4.88 Å². The van der Waals surface area contributed by atoms with Crippen molar-refractivity contribution in [1.29, 1.82) is 0 Å². The number of hydrogen-bond acceptors (Lipinski definition) is 4. The minimum Gasteiger partial charge on any atom is -0.343 e. The zero-order chi connectivity index (χ0) is 14.7. The maximum absolute atomic E-state index is 12.2. The van der Waals surface area contributed by atoms with Gasteiger partial charge in [-0.05, 0) is 32.4 Å². The smallest absolute Gasteiger partial charge is 0.252 e. The Hall–Kier alpha value is -1.46. The third-order valence-corrected chi connectivity index (χ3v) is 4.34. The average Bonchev–Trinajstić information content (AvgIpc) is 2.86. The van der Waals surface area contributed by atoms with Crippen LogP contribution in [0, 0.1) is 6.92 Å². The Labute approximate surface area is 127 Å². The number of aromatic nitrogens is 2. The molecule has 0 saturated carbocycles. The third kappa shape index (κ3) is 3.55. The molecule has 0 aliphatic carbocycles. The van der Waals surface area contributed by atoms with E-state index in [1.807, 2.05) is 13.1 Å². The van der Waals surface area contributed by atoms with E-state index >= 15 is 0 Å². The van der Waals surface area contributed by atoms with E-state index in [-0.39, 0.29) is 11.9 Å². The second-order valence-corrected chi connectivity index (χ2v) is 6.07. The van der Waals surface area contributed by atoms with Gasteiger partial charge >= 0.3 is 0 Å². The van der Waals surface area contributed by atoms with Crippen LogP contribution in [0.25, 0.3) is 0 Å². The average molecular weight is 310 g/mol. The summed E-state index contributed by atoms with van der Waals surface area (Å²) >= 11 is 7.49. The summed E-state index contributed by atoms with van der Waals surface area (Å²) in [5.41, 5.74) is 1.24. The van der Waals surface area contributed by atoms with E-state index in [2.05, 4.69) is 22.2 Å². The summed E-state index contributed by atoms with van der Waals surface area (Å²) in [5.74, 6) is -0.168. The van der Waals surface area contributed by atoms with Gasteiger partial charge in [0.25, 0.3) is 5.91 Å². The molecule has 1 amide bonds. The van der Waals surface area contributed by atoms with Crippen LogP contribution in [0.15, 0.2) is 18.3 Å². The Bertz CT molecular complexity index is 606. The molecule has 1 N–H and O–H groups in total. The van der Waals surface area contributed by atoms with Gasteiger partial charge in [-0.25, -0.2) is 9.97 Å². The lowest BCUT2D eigenvalue weighted by Gasteiger charge is -2.11. The number of carbonyl (C=O) groups excluding carboxylic acids is 1. The fraction of sp³-hybridized carbons (Fsp3) is 0.357. The molecule has 6 heteroatoms. The number of nitrogens with one attached hydrogen (secondary N) is 1. The molecule has 0 aliphatic rings. The molecule has 2 aromatic rings. The van der Waals surface area contributed by atoms with Crippen LogP contribution in [-0.2, 0) is 6.42 Å². The van der Waals surface area contributed by atoms with Gasteiger partial charge in [0.1, 0.15) is 10.2 Å². The van der Waals surface area contributed by atoms with Crippen molar-refractivity contribution in [3.8, 4) is 0 Å². The number of amides is 1. The van der Waals surface area contributed by atoms with E-state index in [9.17, 15) is 4.79 Å². The van der Waals surface area contributed by atoms with Crippen LogP contribution in [-0.4, -0.2) is 15.9 Å². The fourth-order valence-electron chi connectivity index (χ4n) is 1.79. The molecule has 2 rings (SSSR count). The number of nitrogens with zero attached hydrogens (tertiary/aromatic N) is 2. The first-order chi connectivity index (χ1) is 9.49. The maximum Gasteiger partial charge on any atom is 0.252 e. The summed E-state index contributed by atoms with van der Waals surface area (Å²) in [4.78, 5) is 21.8. The molecule has 4 nitrogen and oxygen atoms in total. The second-order valence-electron chi connectivity index (χ2n) is 4.53. The summed E-state index contributed by atoms with van der Waals surface area (Å²) in [6.45, 7) is 5.81. The van der Waals surface area contributed by atoms with Gasteiger partial charge in [0.15, 0.2) is 0 Å². The van der Waals surface area contributed by atoms with Crippen LogP contribution in [0.2, 0.25) is 5.15 Å². The van der Waals surface area contributed by atoms with Gasteiger partial charge in [0, 0.05) is 22.3 Å². The molecule has 2 heterocycles. The van der Waals surface area contributed by atoms with E-state index in [4.69, 9.17) is 11.6 Å². The van der Waals surface area contributed by atoms with Crippen molar-refractivity contribution in [2.75, 3.05) is 0 Å². The summed E-state index contributed by atoms with van der Waals surface area (Å²) in [7, 11) is 0. The molecule has 1 unspecified atom stereocenters. The fourth-order valence-corrected chi connectivity index (χ4v) is 2.90. The van der Waals surface area contributed by atoms with Crippen molar-refractivity contribution in [2.24, 2.45) is 0 Å². The van der Waals surface area contributed by atoms with Crippen molar-refractivity contribution in [1.82, 2.24) is 15.3 Å². The summed E-state index contributed by atoms with van der Waals surface area (Å²) in [6.07, 6.45) is 2.81. The molecule has 0 aromatic carbocycles. The lowest BCUT2D eigenvalue weighted by atomic mass is 10.2. The first kappa shape index (κ1) is 14.9. The largest absolute Gasteiger partial charge is 0.343 e. The Kier molecular flexibility index (Phi) is 4.73. The first-order valence-electron chi connectivity index (χ1n) is 6.39. The van der Waals surface area contributed by atoms with Crippen LogP contribution < -0.4 is 5.32 Å². The number of pyridine rings is 1. The van der Waals surface area contributed by atoms with Crippen molar-refractivity contribution in [3.63, 3.8) is 0 Å². The normalized spacial score (nSPS) is 12.2. The standard InChI is InChI=1S/C14H16ClN3OS/c1-4-11-7-16-14(20-11)9(3)18-13(19)10-5-8(2)17-12(15)6-10/h5-7,9H,4H2,1-3H3,(H,18,19). The molecule has 20 heavy (non-hydrogen) atoms. The molecule has 0 radical (unpaired) electrons. The Morgan fingerprint density at radius 3 is 2.85 bits per heavy atom. The minimum absolute atomic E-state index is 0.125. The zero-order valence-electron chi connectivity index (χ0n) is 11.6. The predicted octanol–water partition coefficient (Wildman–Crippen LogP) is 3.55. The molecule has 0 saturated heterocycles. The van der Waals surface area contributed by atoms with E-state index < -0.39 is 0 Å². The van der Waals surface area contributed by atoms with Crippen LogP contribution >= 0.6 is 22.9 Å². The highest BCUT2D eigenvalue weighted by Crippen LogP contribution is 2.21. The SMILES string of the molecule is CCc1cnc(C(C)NC(=O)c2cc(C)nc(Cl)c2)s1. The number of rotatable bonds is 4. The molecule has 2 aromatic heterocycles. The van der Waals surface area contributed by atoms with Crippen molar-refractivity contribution in [2.45, 2.75) is 33.2 Å². The van der Waals surface area contributed by atoms with Crippen LogP contribution in [0.4, 0.5) is 0 Å². The topological polar surface area (TPSA) is 54.9 Å². The summed E-state index contributed by atoms with van der Waals surface area (Å²) in [6, 6.07) is 3.16. The number of hydrogen-bond donors (Lipinski definition) is 1. The van der Waals surface area contributed by atoms with E-state index in [0.29, 0.717) is 10.7 Å². The van der Waals surface area contributed by atoms with Gasteiger partial charge in [0.2, 0.25) is 0 Å². The van der Waals surface area contributed by atoms with Gasteiger partial charge in [-0.1, -0.05) is 18.5 Å². The molecule has 0 aliphatic heterocycles. The monoisotopic (exact) mass is 309 g/mol. The predicted molar refractivity (Wildman–Crippen MR) is 81.4 cm³/mol. The second kappa shape index (κ2) is 6.33. The maximum atomic E-state index is 12.2. The van der Waals surface area contributed by atoms with Gasteiger partial charge in [0.05, 0.1) is 6.04 Å². The molecule has 106 valence electrons. The van der Waals surface area contributed by atoms with Gasteiger partial charge in [-0.3, -0.25) is 4.79 Å². The molecule has 0 spiro atoms. The molecule has 0 bridgehead atoms. The van der Waals surface area contributed by atoms with E-state index in [0.717, 1.165) is 17.1 Å². The number of aryl methyl sites for hydroxylation is 2. The van der Waals surface area contributed by atoms with Crippen molar-refractivity contribution < 1.29 is 4.79 Å². The van der Waals surface area contributed by atoms with Gasteiger partial charge in [-0.15, -0.1) is 11.3 Å². The zero-order valence-corrected chi connectivity index (χ0v) is 13.2. The highest BCUT2D eigenvalue weighted by atomic mass is 35.5. The first-order valence-corrected chi connectivity index (χ1v) is 7.58. The van der Waals surface area contributed by atoms with Crippen LogP contribution in [0.3, 0.4) is 0 Å². The quantitative estimate of drug-likeness (QED) is 0.879. The summed E-state index contributed by atoms with van der Waals surface area (Å²) in [5, 5.41) is 4.16. The Morgan fingerprint density at radius 2 is 2.25 bits per heavy atom. The number of carbonyl (C=O) groups is 1. The minimum atomic E-state index is -0.168. The highest BCUT2D eigenvalue weighted by molar-refractivity contribution is 7.11. The lowest BCUT2D eigenvalue weighted by molar-refractivity contribution is 0.0939. The Morgan fingerprint density at radius 1 is 1.50 bits per heavy atom. The van der Waals surface area contributed by atoms with E-state index in [1.54, 1.807) is 30.4 Å². The molecule has 0 fully saturated rings. The van der Waals surface area contributed by atoms with Crippen LogP contribution in [0.1, 0.15) is 45.8 Å².